The summed E-state index contributed by atoms with van der Waals surface area (Å²) in [5, 5.41) is 4.09. The van der Waals surface area contributed by atoms with Crippen molar-refractivity contribution in [3.05, 3.63) is 64.9 Å². The molecule has 4 rings (SSSR count). The number of methoxy groups -OCH3 is 1. The Morgan fingerprint density at radius 1 is 1.13 bits per heavy atom. The van der Waals surface area contributed by atoms with Gasteiger partial charge in [0.05, 0.1) is 7.11 Å². The second-order valence-corrected chi connectivity index (χ2v) is 8.35. The molecule has 0 aliphatic heterocycles. The van der Waals surface area contributed by atoms with Crippen LogP contribution in [0.1, 0.15) is 62.0 Å². The molecule has 0 fully saturated rings. The molecule has 1 aromatic heterocycles. The number of carbonyl (C=O) groups is 1. The molecule has 2 aromatic carbocycles. The van der Waals surface area contributed by atoms with Crippen molar-refractivity contribution in [2.45, 2.75) is 52.4 Å². The van der Waals surface area contributed by atoms with Crippen LogP contribution in [-0.2, 0) is 17.6 Å². The Bertz CT molecular complexity index is 1100. The molecule has 1 N–H and O–H groups in total. The molecule has 0 atom stereocenters. The molecule has 0 spiro atoms. The number of fused-ring (bicyclic) bond motifs is 3. The Kier molecular flexibility index (Phi) is 5.67. The number of nitrogens with one attached hydrogen (secondary N) is 1. The highest BCUT2D eigenvalue weighted by Crippen LogP contribution is 2.37. The Labute approximate surface area is 177 Å². The van der Waals surface area contributed by atoms with Crippen molar-refractivity contribution in [1.82, 2.24) is 0 Å². The van der Waals surface area contributed by atoms with E-state index in [1.165, 1.54) is 24.0 Å². The zero-order chi connectivity index (χ0) is 21.3. The maximum absolute atomic E-state index is 12.6. The molecule has 156 valence electrons. The van der Waals surface area contributed by atoms with Gasteiger partial charge in [-0.15, -0.1) is 0 Å². The summed E-state index contributed by atoms with van der Waals surface area (Å²) in [5.74, 6) is 2.13. The van der Waals surface area contributed by atoms with E-state index in [9.17, 15) is 4.79 Å². The lowest BCUT2D eigenvalue weighted by Crippen LogP contribution is -2.08. The molecule has 4 heteroatoms. The maximum Gasteiger partial charge on any atom is 0.248 e. The molecule has 3 aromatic rings. The van der Waals surface area contributed by atoms with E-state index < -0.39 is 0 Å². The summed E-state index contributed by atoms with van der Waals surface area (Å²) in [6, 6.07) is 12.1. The minimum atomic E-state index is -0.152. The molecular weight excluding hydrogens is 374 g/mol. The summed E-state index contributed by atoms with van der Waals surface area (Å²) in [7, 11) is 1.65. The first-order chi connectivity index (χ1) is 14.5. The smallest absolute Gasteiger partial charge is 0.248 e. The number of allylic oxidation sites excluding steroid dienone is 1. The molecule has 0 radical (unpaired) electrons. The van der Waals surface area contributed by atoms with Gasteiger partial charge in [-0.05, 0) is 61.4 Å². The van der Waals surface area contributed by atoms with Crippen molar-refractivity contribution in [2.75, 3.05) is 12.4 Å². The molecular formula is C26H29NO3. The highest BCUT2D eigenvalue weighted by atomic mass is 16.5. The Morgan fingerprint density at radius 2 is 1.87 bits per heavy atom. The van der Waals surface area contributed by atoms with Gasteiger partial charge in [0.2, 0.25) is 5.91 Å². The number of aryl methyl sites for hydroxylation is 2. The third kappa shape index (κ3) is 4.00. The van der Waals surface area contributed by atoms with Crippen molar-refractivity contribution < 1.29 is 13.9 Å². The third-order valence-electron chi connectivity index (χ3n) is 5.89. The van der Waals surface area contributed by atoms with Crippen molar-refractivity contribution in [2.24, 2.45) is 0 Å². The lowest BCUT2D eigenvalue weighted by atomic mass is 9.94. The maximum atomic E-state index is 12.6. The van der Waals surface area contributed by atoms with E-state index in [1.54, 1.807) is 13.2 Å². The highest BCUT2D eigenvalue weighted by molar-refractivity contribution is 6.04. The molecule has 1 aliphatic rings. The van der Waals surface area contributed by atoms with Crippen molar-refractivity contribution in [1.29, 1.82) is 0 Å². The monoisotopic (exact) mass is 403 g/mol. The van der Waals surface area contributed by atoms with Gasteiger partial charge < -0.3 is 14.5 Å². The number of anilines is 1. The average Bonchev–Trinajstić information content (AvgIpc) is 3.10. The standard InChI is InChI=1S/C26H29NO3/c1-16(2)18-9-11-19(12-10-18)27-26(28)13-17(3)21-14-22-20-7-5-6-8-23(20)30-25(22)15-24(21)29-4/h9-16H,5-8H2,1-4H3,(H,27,28)/b17-13+. The van der Waals surface area contributed by atoms with E-state index in [-0.39, 0.29) is 5.91 Å². The topological polar surface area (TPSA) is 51.5 Å². The second-order valence-electron chi connectivity index (χ2n) is 8.35. The first-order valence-corrected chi connectivity index (χ1v) is 10.7. The van der Waals surface area contributed by atoms with Crippen molar-refractivity contribution in [3.63, 3.8) is 0 Å². The highest BCUT2D eigenvalue weighted by Gasteiger charge is 2.20. The van der Waals surface area contributed by atoms with E-state index >= 15 is 0 Å². The third-order valence-corrected chi connectivity index (χ3v) is 5.89. The Hall–Kier alpha value is -3.01. The summed E-state index contributed by atoms with van der Waals surface area (Å²) in [6.07, 6.45) is 6.04. The van der Waals surface area contributed by atoms with Crippen LogP contribution in [0.2, 0.25) is 0 Å². The van der Waals surface area contributed by atoms with Crippen LogP contribution in [0.25, 0.3) is 16.5 Å². The van der Waals surface area contributed by atoms with Gasteiger partial charge in [-0.1, -0.05) is 26.0 Å². The summed E-state index contributed by atoms with van der Waals surface area (Å²) >= 11 is 0. The molecule has 0 saturated carbocycles. The van der Waals surface area contributed by atoms with Gasteiger partial charge in [-0.3, -0.25) is 4.79 Å². The fourth-order valence-corrected chi connectivity index (χ4v) is 4.17. The molecule has 1 amide bonds. The minimum Gasteiger partial charge on any atom is -0.496 e. The molecule has 4 nitrogen and oxygen atoms in total. The van der Waals surface area contributed by atoms with Crippen LogP contribution >= 0.6 is 0 Å². The number of furan rings is 1. The van der Waals surface area contributed by atoms with E-state index in [4.69, 9.17) is 9.15 Å². The largest absolute Gasteiger partial charge is 0.496 e. The fourth-order valence-electron chi connectivity index (χ4n) is 4.17. The minimum absolute atomic E-state index is 0.152. The summed E-state index contributed by atoms with van der Waals surface area (Å²) < 4.78 is 11.7. The van der Waals surface area contributed by atoms with E-state index in [1.807, 2.05) is 25.1 Å². The summed E-state index contributed by atoms with van der Waals surface area (Å²) in [6.45, 7) is 6.25. The van der Waals surface area contributed by atoms with E-state index in [2.05, 4.69) is 37.4 Å². The van der Waals surface area contributed by atoms with Gasteiger partial charge in [0.15, 0.2) is 0 Å². The van der Waals surface area contributed by atoms with Crippen LogP contribution in [0, 0.1) is 0 Å². The molecule has 30 heavy (non-hydrogen) atoms. The van der Waals surface area contributed by atoms with Crippen LogP contribution in [0.4, 0.5) is 5.69 Å². The predicted octanol–water partition coefficient (Wildman–Crippen LogP) is 6.49. The van der Waals surface area contributed by atoms with Gasteiger partial charge in [0.25, 0.3) is 0 Å². The number of ether oxygens (including phenoxy) is 1. The zero-order valence-electron chi connectivity index (χ0n) is 18.2. The number of rotatable bonds is 5. The van der Waals surface area contributed by atoms with Gasteiger partial charge >= 0.3 is 0 Å². The van der Waals surface area contributed by atoms with Gasteiger partial charge in [0, 0.05) is 40.8 Å². The fraction of sp³-hybridized carbons (Fsp3) is 0.346. The number of carbonyl (C=O) groups excluding carboxylic acids is 1. The predicted molar refractivity (Wildman–Crippen MR) is 122 cm³/mol. The van der Waals surface area contributed by atoms with Gasteiger partial charge in [0.1, 0.15) is 17.1 Å². The average molecular weight is 404 g/mol. The SMILES string of the molecule is COc1cc2oc3c(c2cc1/C(C)=C/C(=O)Nc1ccc(C(C)C)cc1)CCCC3. The van der Waals surface area contributed by atoms with Crippen LogP contribution in [0.5, 0.6) is 5.75 Å². The molecule has 1 aliphatic carbocycles. The number of benzene rings is 2. The van der Waals surface area contributed by atoms with Crippen molar-refractivity contribution in [3.8, 4) is 5.75 Å². The van der Waals surface area contributed by atoms with Crippen LogP contribution in [-0.4, -0.2) is 13.0 Å². The molecule has 0 bridgehead atoms. The lowest BCUT2D eigenvalue weighted by Gasteiger charge is -2.11. The van der Waals surface area contributed by atoms with Crippen LogP contribution in [0.3, 0.4) is 0 Å². The van der Waals surface area contributed by atoms with E-state index in [0.717, 1.165) is 52.1 Å². The first-order valence-electron chi connectivity index (χ1n) is 10.7. The summed E-state index contributed by atoms with van der Waals surface area (Å²) in [4.78, 5) is 12.6. The van der Waals surface area contributed by atoms with Gasteiger partial charge in [-0.25, -0.2) is 0 Å². The first kappa shape index (κ1) is 20.3. The van der Waals surface area contributed by atoms with Gasteiger partial charge in [-0.2, -0.15) is 0 Å². The zero-order valence-corrected chi connectivity index (χ0v) is 18.2. The molecule has 0 saturated heterocycles. The molecule has 0 unspecified atom stereocenters. The Morgan fingerprint density at radius 3 is 2.57 bits per heavy atom. The Balaban J connectivity index is 1.61. The van der Waals surface area contributed by atoms with Crippen molar-refractivity contribution >= 4 is 28.1 Å². The van der Waals surface area contributed by atoms with E-state index in [0.29, 0.717) is 5.92 Å². The van der Waals surface area contributed by atoms with Crippen LogP contribution in [0.15, 0.2) is 46.9 Å². The number of hydrogen-bond donors (Lipinski definition) is 1. The number of hydrogen-bond acceptors (Lipinski definition) is 3. The lowest BCUT2D eigenvalue weighted by molar-refractivity contribution is -0.111. The molecule has 1 heterocycles. The quantitative estimate of drug-likeness (QED) is 0.496. The van der Waals surface area contributed by atoms with Crippen LogP contribution < -0.4 is 10.1 Å². The number of amides is 1. The summed E-state index contributed by atoms with van der Waals surface area (Å²) in [5.41, 5.74) is 5.99. The normalized spacial score (nSPS) is 14.1. The second kappa shape index (κ2) is 8.39.